The largest absolute Gasteiger partial charge is 0.269 e. The second-order valence-corrected chi connectivity index (χ2v) is 5.41. The Balaban J connectivity index is 1.99. The van der Waals surface area contributed by atoms with E-state index in [4.69, 9.17) is 23.8 Å². The monoisotopic (exact) mass is 277 g/mol. The van der Waals surface area contributed by atoms with Crippen molar-refractivity contribution in [2.24, 2.45) is 0 Å². The quantitative estimate of drug-likeness (QED) is 0.726. The third kappa shape index (κ3) is 1.78. The van der Waals surface area contributed by atoms with E-state index >= 15 is 0 Å². The first-order valence-corrected chi connectivity index (χ1v) is 6.83. The maximum Gasteiger partial charge on any atom is 0.259 e. The highest BCUT2D eigenvalue weighted by atomic mass is 35.5. The van der Waals surface area contributed by atoms with E-state index in [1.54, 1.807) is 17.0 Å². The molecule has 2 aliphatic rings. The zero-order valence-electron chi connectivity index (χ0n) is 9.78. The van der Waals surface area contributed by atoms with Crippen LogP contribution in [0.25, 0.3) is 0 Å². The Hall–Kier alpha value is -1.19. The summed E-state index contributed by atoms with van der Waals surface area (Å²) in [5, 5.41) is 0.661. The third-order valence-electron chi connectivity index (χ3n) is 3.48. The Morgan fingerprint density at radius 3 is 2.28 bits per heavy atom. The maximum atomic E-state index is 12.4. The van der Waals surface area contributed by atoms with Gasteiger partial charge < -0.3 is 0 Å². The highest BCUT2D eigenvalue weighted by Crippen LogP contribution is 2.36. The van der Waals surface area contributed by atoms with Gasteiger partial charge in [-0.05, 0) is 55.5 Å². The molecule has 0 spiro atoms. The van der Waals surface area contributed by atoms with E-state index in [2.05, 4.69) is 0 Å². The molecule has 1 aliphatic carbocycles. The fourth-order valence-electron chi connectivity index (χ4n) is 2.56. The lowest BCUT2D eigenvalue weighted by Crippen LogP contribution is -2.30. The normalized spacial score (nSPS) is 19.5. The lowest BCUT2D eigenvalue weighted by atomic mass is 9.94. The van der Waals surface area contributed by atoms with Crippen molar-refractivity contribution >= 4 is 40.4 Å². The maximum absolute atomic E-state index is 12.4. The molecule has 0 atom stereocenters. The molecule has 0 fully saturated rings. The van der Waals surface area contributed by atoms with Crippen LogP contribution >= 0.6 is 23.8 Å². The van der Waals surface area contributed by atoms with E-state index in [1.807, 2.05) is 12.1 Å². The molecule has 1 heterocycles. The second-order valence-electron chi connectivity index (χ2n) is 4.59. The first-order valence-electron chi connectivity index (χ1n) is 6.05. The predicted octanol–water partition coefficient (Wildman–Crippen LogP) is 3.88. The second kappa shape index (κ2) is 4.48. The van der Waals surface area contributed by atoms with Gasteiger partial charge >= 0.3 is 0 Å². The van der Waals surface area contributed by atoms with Crippen molar-refractivity contribution in [1.82, 2.24) is 0 Å². The minimum absolute atomic E-state index is 0.0528. The number of rotatable bonds is 1. The molecule has 1 aliphatic heterocycles. The number of anilines is 1. The zero-order chi connectivity index (χ0) is 12.7. The van der Waals surface area contributed by atoms with Gasteiger partial charge in [0, 0.05) is 10.6 Å². The van der Waals surface area contributed by atoms with Crippen LogP contribution in [0, 0.1) is 0 Å². The van der Waals surface area contributed by atoms with Crippen LogP contribution in [0.5, 0.6) is 0 Å². The summed E-state index contributed by atoms with van der Waals surface area (Å²) in [4.78, 5) is 14.7. The summed E-state index contributed by atoms with van der Waals surface area (Å²) in [6.45, 7) is 0. The van der Waals surface area contributed by atoms with Gasteiger partial charge in [0.05, 0.1) is 5.69 Å². The number of thiocarbonyl (C=S) groups is 1. The summed E-state index contributed by atoms with van der Waals surface area (Å²) >= 11 is 11.3. The van der Waals surface area contributed by atoms with Crippen molar-refractivity contribution in [3.63, 3.8) is 0 Å². The van der Waals surface area contributed by atoms with Gasteiger partial charge in [0.1, 0.15) is 4.99 Å². The standard InChI is InChI=1S/C14H12ClNOS/c15-9-5-7-10(8-6-9)16-13(17)11-3-1-2-4-12(11)14(16)18/h5-8H,1-4H2. The molecular weight excluding hydrogens is 266 g/mol. The Morgan fingerprint density at radius 2 is 1.67 bits per heavy atom. The molecule has 3 rings (SSSR count). The topological polar surface area (TPSA) is 20.3 Å². The lowest BCUT2D eigenvalue weighted by molar-refractivity contribution is -0.114. The van der Waals surface area contributed by atoms with Crippen molar-refractivity contribution in [3.05, 3.63) is 40.4 Å². The summed E-state index contributed by atoms with van der Waals surface area (Å²) < 4.78 is 0. The molecule has 0 unspecified atom stereocenters. The van der Waals surface area contributed by atoms with Crippen LogP contribution in [-0.4, -0.2) is 10.9 Å². The molecule has 18 heavy (non-hydrogen) atoms. The average Bonchev–Trinajstić information content (AvgIpc) is 2.64. The van der Waals surface area contributed by atoms with E-state index in [0.717, 1.165) is 42.5 Å². The van der Waals surface area contributed by atoms with E-state index < -0.39 is 0 Å². The van der Waals surface area contributed by atoms with Gasteiger partial charge in [-0.15, -0.1) is 0 Å². The van der Waals surface area contributed by atoms with Crippen LogP contribution in [0.3, 0.4) is 0 Å². The molecule has 0 aromatic heterocycles. The molecule has 0 saturated carbocycles. The smallest absolute Gasteiger partial charge is 0.259 e. The van der Waals surface area contributed by atoms with Gasteiger partial charge in [-0.3, -0.25) is 9.69 Å². The van der Waals surface area contributed by atoms with Gasteiger partial charge in [-0.1, -0.05) is 23.8 Å². The van der Waals surface area contributed by atoms with Crippen LogP contribution in [0.15, 0.2) is 35.4 Å². The SMILES string of the molecule is O=C1C2=C(CCCC2)C(=S)N1c1ccc(Cl)cc1. The zero-order valence-corrected chi connectivity index (χ0v) is 11.4. The number of benzene rings is 1. The predicted molar refractivity (Wildman–Crippen MR) is 77.0 cm³/mol. The molecular formula is C14H12ClNOS. The van der Waals surface area contributed by atoms with E-state index in [1.165, 1.54) is 0 Å². The molecule has 1 aromatic rings. The van der Waals surface area contributed by atoms with Crippen LogP contribution in [0.2, 0.25) is 5.02 Å². The van der Waals surface area contributed by atoms with Gasteiger partial charge in [-0.2, -0.15) is 0 Å². The summed E-state index contributed by atoms with van der Waals surface area (Å²) in [5.41, 5.74) is 2.81. The van der Waals surface area contributed by atoms with Gasteiger partial charge in [0.25, 0.3) is 5.91 Å². The highest BCUT2D eigenvalue weighted by Gasteiger charge is 2.36. The first kappa shape index (κ1) is 11.9. The minimum Gasteiger partial charge on any atom is -0.269 e. The van der Waals surface area contributed by atoms with Gasteiger partial charge in [-0.25, -0.2) is 0 Å². The molecule has 0 bridgehead atoms. The van der Waals surface area contributed by atoms with E-state index in [9.17, 15) is 4.79 Å². The number of halogens is 1. The lowest BCUT2D eigenvalue weighted by Gasteiger charge is -2.17. The molecule has 2 nitrogen and oxygen atoms in total. The number of nitrogens with zero attached hydrogens (tertiary/aromatic N) is 1. The molecule has 0 saturated heterocycles. The van der Waals surface area contributed by atoms with Crippen molar-refractivity contribution in [3.8, 4) is 0 Å². The molecule has 0 N–H and O–H groups in total. The molecule has 1 amide bonds. The Kier molecular flexibility index (Phi) is 2.96. The summed E-state index contributed by atoms with van der Waals surface area (Å²) in [5.74, 6) is 0.0528. The van der Waals surface area contributed by atoms with E-state index in [-0.39, 0.29) is 5.91 Å². The van der Waals surface area contributed by atoms with Crippen molar-refractivity contribution < 1.29 is 4.79 Å². The van der Waals surface area contributed by atoms with Gasteiger partial charge in [0.2, 0.25) is 0 Å². The Morgan fingerprint density at radius 1 is 1.06 bits per heavy atom. The fourth-order valence-corrected chi connectivity index (χ4v) is 3.10. The third-order valence-corrected chi connectivity index (χ3v) is 4.16. The number of hydrogen-bond donors (Lipinski definition) is 0. The summed E-state index contributed by atoms with van der Waals surface area (Å²) in [7, 11) is 0. The summed E-state index contributed by atoms with van der Waals surface area (Å²) in [6.07, 6.45) is 4.00. The van der Waals surface area contributed by atoms with Crippen LogP contribution in [-0.2, 0) is 4.79 Å². The van der Waals surface area contributed by atoms with Crippen molar-refractivity contribution in [1.29, 1.82) is 0 Å². The average molecular weight is 278 g/mol. The molecule has 0 radical (unpaired) electrons. The molecule has 4 heteroatoms. The molecule has 1 aromatic carbocycles. The number of amides is 1. The Labute approximate surface area is 116 Å². The number of carbonyl (C=O) groups excluding carboxylic acids is 1. The summed E-state index contributed by atoms with van der Waals surface area (Å²) in [6, 6.07) is 7.24. The van der Waals surface area contributed by atoms with Gasteiger partial charge in [0.15, 0.2) is 0 Å². The fraction of sp³-hybridized carbons (Fsp3) is 0.286. The van der Waals surface area contributed by atoms with Crippen LogP contribution in [0.1, 0.15) is 25.7 Å². The molecule has 92 valence electrons. The number of hydrogen-bond acceptors (Lipinski definition) is 2. The highest BCUT2D eigenvalue weighted by molar-refractivity contribution is 7.81. The Bertz CT molecular complexity index is 534. The van der Waals surface area contributed by atoms with Crippen molar-refractivity contribution in [2.75, 3.05) is 4.90 Å². The minimum atomic E-state index is 0.0528. The van der Waals surface area contributed by atoms with Crippen LogP contribution in [0.4, 0.5) is 5.69 Å². The first-order chi connectivity index (χ1) is 8.68. The van der Waals surface area contributed by atoms with Crippen LogP contribution < -0.4 is 4.90 Å². The van der Waals surface area contributed by atoms with E-state index in [0.29, 0.717) is 10.0 Å². The van der Waals surface area contributed by atoms with Crippen molar-refractivity contribution in [2.45, 2.75) is 25.7 Å². The number of carbonyl (C=O) groups is 1.